The van der Waals surface area contributed by atoms with Crippen LogP contribution in [0.25, 0.3) is 11.0 Å². The van der Waals surface area contributed by atoms with Crippen molar-refractivity contribution in [2.24, 2.45) is 0 Å². The number of nitrogens with one attached hydrogen (secondary N) is 1. The molecule has 2 aliphatic rings. The molecule has 0 radical (unpaired) electrons. The highest BCUT2D eigenvalue weighted by Crippen LogP contribution is 2.38. The number of furan rings is 1. The Morgan fingerprint density at radius 1 is 1.14 bits per heavy atom. The number of carbonyl (C=O) groups excluding carboxylic acids is 1. The number of carbonyl (C=O) groups is 1. The minimum Gasteiger partial charge on any atom is -0.460 e. The van der Waals surface area contributed by atoms with Gasteiger partial charge in [0, 0.05) is 60.8 Å². The lowest BCUT2D eigenvalue weighted by Crippen LogP contribution is -2.43. The van der Waals surface area contributed by atoms with Crippen LogP contribution < -0.4 is 15.0 Å². The number of aromatic nitrogens is 1. The Morgan fingerprint density at radius 3 is 2.79 bits per heavy atom. The monoisotopic (exact) mass is 377 g/mol. The SMILES string of the molecule is Cc1cc2oc(C3Cc4ccc(N5CCNCC5)cc4OC3=O)cc2c(C)n1. The van der Waals surface area contributed by atoms with E-state index in [1.807, 2.05) is 32.0 Å². The zero-order valence-electron chi connectivity index (χ0n) is 16.1. The molecule has 2 aromatic heterocycles. The van der Waals surface area contributed by atoms with Crippen molar-refractivity contribution in [2.75, 3.05) is 31.1 Å². The Balaban J connectivity index is 1.45. The van der Waals surface area contributed by atoms with E-state index in [-0.39, 0.29) is 5.97 Å². The summed E-state index contributed by atoms with van der Waals surface area (Å²) in [5.74, 6) is 0.630. The molecule has 0 spiro atoms. The van der Waals surface area contributed by atoms with Crippen LogP contribution >= 0.6 is 0 Å². The number of piperazine rings is 1. The number of benzene rings is 1. The van der Waals surface area contributed by atoms with Crippen LogP contribution in [-0.2, 0) is 11.2 Å². The molecule has 28 heavy (non-hydrogen) atoms. The van der Waals surface area contributed by atoms with Crippen molar-refractivity contribution in [3.63, 3.8) is 0 Å². The zero-order chi connectivity index (χ0) is 19.3. The number of pyridine rings is 1. The molecular weight excluding hydrogens is 354 g/mol. The molecule has 1 atom stereocenters. The molecule has 0 saturated carbocycles. The Morgan fingerprint density at radius 2 is 1.96 bits per heavy atom. The van der Waals surface area contributed by atoms with Gasteiger partial charge in [-0.3, -0.25) is 9.78 Å². The van der Waals surface area contributed by atoms with E-state index >= 15 is 0 Å². The normalized spacial score (nSPS) is 19.6. The Hall–Kier alpha value is -2.86. The highest BCUT2D eigenvalue weighted by atomic mass is 16.5. The van der Waals surface area contributed by atoms with E-state index in [0.29, 0.717) is 17.9 Å². The summed E-state index contributed by atoms with van der Waals surface area (Å²) < 4.78 is 11.7. The van der Waals surface area contributed by atoms with Crippen LogP contribution in [0.3, 0.4) is 0 Å². The molecule has 1 unspecified atom stereocenters. The highest BCUT2D eigenvalue weighted by molar-refractivity contribution is 5.86. The third-order valence-electron chi connectivity index (χ3n) is 5.65. The topological polar surface area (TPSA) is 67.6 Å². The van der Waals surface area contributed by atoms with Gasteiger partial charge in [-0.05, 0) is 38.0 Å². The van der Waals surface area contributed by atoms with Crippen molar-refractivity contribution in [3.8, 4) is 5.75 Å². The van der Waals surface area contributed by atoms with Gasteiger partial charge >= 0.3 is 5.97 Å². The summed E-state index contributed by atoms with van der Waals surface area (Å²) in [5.41, 5.74) is 4.73. The Kier molecular flexibility index (Phi) is 4.09. The molecule has 4 heterocycles. The van der Waals surface area contributed by atoms with Crippen molar-refractivity contribution in [2.45, 2.75) is 26.2 Å². The predicted octanol–water partition coefficient (Wildman–Crippen LogP) is 3.10. The van der Waals surface area contributed by atoms with Crippen molar-refractivity contribution in [1.82, 2.24) is 10.3 Å². The third-order valence-corrected chi connectivity index (χ3v) is 5.65. The molecule has 1 aromatic carbocycles. The molecule has 0 aliphatic carbocycles. The summed E-state index contributed by atoms with van der Waals surface area (Å²) in [6, 6.07) is 10.0. The summed E-state index contributed by atoms with van der Waals surface area (Å²) in [4.78, 5) is 19.5. The standard InChI is InChI=1S/C22H23N3O3/c1-13-9-20-17(14(2)24-13)12-21(27-20)18-10-15-3-4-16(11-19(15)28-22(18)26)25-7-5-23-6-8-25/h3-4,9,11-12,18,23H,5-8,10H2,1-2H3. The number of anilines is 1. The second-order valence-corrected chi connectivity index (χ2v) is 7.62. The molecule has 144 valence electrons. The Labute approximate surface area is 163 Å². The molecule has 3 aromatic rings. The van der Waals surface area contributed by atoms with Crippen LogP contribution in [0.2, 0.25) is 0 Å². The second kappa shape index (κ2) is 6.63. The maximum absolute atomic E-state index is 12.8. The Bertz CT molecular complexity index is 1070. The van der Waals surface area contributed by atoms with Crippen molar-refractivity contribution >= 4 is 22.6 Å². The fourth-order valence-electron chi connectivity index (χ4n) is 4.16. The number of ether oxygens (including phenoxy) is 1. The van der Waals surface area contributed by atoms with Gasteiger partial charge < -0.3 is 19.4 Å². The number of rotatable bonds is 2. The molecule has 2 aliphatic heterocycles. The summed E-state index contributed by atoms with van der Waals surface area (Å²) in [7, 11) is 0. The average molecular weight is 377 g/mol. The lowest BCUT2D eigenvalue weighted by Gasteiger charge is -2.31. The molecule has 5 rings (SSSR count). The second-order valence-electron chi connectivity index (χ2n) is 7.62. The molecule has 6 heteroatoms. The number of esters is 1. The van der Waals surface area contributed by atoms with E-state index in [0.717, 1.165) is 59.8 Å². The fourth-order valence-corrected chi connectivity index (χ4v) is 4.16. The van der Waals surface area contributed by atoms with Crippen molar-refractivity contribution in [1.29, 1.82) is 0 Å². The van der Waals surface area contributed by atoms with Gasteiger partial charge in [-0.2, -0.15) is 0 Å². The maximum atomic E-state index is 12.8. The first-order valence-corrected chi connectivity index (χ1v) is 9.76. The summed E-state index contributed by atoms with van der Waals surface area (Å²) >= 11 is 0. The average Bonchev–Trinajstić information content (AvgIpc) is 3.12. The van der Waals surface area contributed by atoms with Gasteiger partial charge in [0.05, 0.1) is 0 Å². The molecule has 1 fully saturated rings. The van der Waals surface area contributed by atoms with Crippen LogP contribution in [0, 0.1) is 13.8 Å². The van der Waals surface area contributed by atoms with E-state index in [9.17, 15) is 4.79 Å². The quantitative estimate of drug-likeness (QED) is 0.547. The lowest BCUT2D eigenvalue weighted by molar-refractivity contribution is -0.137. The number of hydrogen-bond donors (Lipinski definition) is 1. The first-order chi connectivity index (χ1) is 13.6. The zero-order valence-corrected chi connectivity index (χ0v) is 16.1. The van der Waals surface area contributed by atoms with Crippen LogP contribution in [0.5, 0.6) is 5.75 Å². The number of aryl methyl sites for hydroxylation is 2. The molecule has 1 saturated heterocycles. The van der Waals surface area contributed by atoms with E-state index in [1.165, 1.54) is 0 Å². The van der Waals surface area contributed by atoms with Crippen LogP contribution in [-0.4, -0.2) is 37.1 Å². The van der Waals surface area contributed by atoms with E-state index in [1.54, 1.807) is 0 Å². The number of hydrogen-bond acceptors (Lipinski definition) is 6. The smallest absolute Gasteiger partial charge is 0.322 e. The van der Waals surface area contributed by atoms with Gasteiger partial charge in [0.1, 0.15) is 23.0 Å². The van der Waals surface area contributed by atoms with Crippen molar-refractivity contribution < 1.29 is 13.9 Å². The first kappa shape index (κ1) is 17.3. The number of fused-ring (bicyclic) bond motifs is 2. The minimum atomic E-state index is -0.426. The molecule has 0 amide bonds. The molecular formula is C22H23N3O3. The molecule has 6 nitrogen and oxygen atoms in total. The largest absolute Gasteiger partial charge is 0.460 e. The van der Waals surface area contributed by atoms with E-state index < -0.39 is 5.92 Å². The third kappa shape index (κ3) is 2.94. The summed E-state index contributed by atoms with van der Waals surface area (Å²) in [6.07, 6.45) is 0.585. The van der Waals surface area contributed by atoms with E-state index in [4.69, 9.17) is 9.15 Å². The van der Waals surface area contributed by atoms with Gasteiger partial charge in [-0.15, -0.1) is 0 Å². The van der Waals surface area contributed by atoms with Crippen molar-refractivity contribution in [3.05, 3.63) is 53.0 Å². The van der Waals surface area contributed by atoms with Crippen LogP contribution in [0.15, 0.2) is 34.7 Å². The van der Waals surface area contributed by atoms with Gasteiger partial charge in [0.25, 0.3) is 0 Å². The summed E-state index contributed by atoms with van der Waals surface area (Å²) in [5, 5.41) is 4.31. The van der Waals surface area contributed by atoms with Gasteiger partial charge in [0.15, 0.2) is 0 Å². The predicted molar refractivity (Wildman–Crippen MR) is 107 cm³/mol. The maximum Gasteiger partial charge on any atom is 0.322 e. The van der Waals surface area contributed by atoms with Crippen LogP contribution in [0.1, 0.15) is 28.6 Å². The van der Waals surface area contributed by atoms with Gasteiger partial charge in [-0.1, -0.05) is 6.07 Å². The summed E-state index contributed by atoms with van der Waals surface area (Å²) in [6.45, 7) is 7.76. The molecule has 0 bridgehead atoms. The number of nitrogens with zero attached hydrogens (tertiary/aromatic N) is 2. The lowest BCUT2D eigenvalue weighted by atomic mass is 9.93. The fraction of sp³-hybridized carbons (Fsp3) is 0.364. The van der Waals surface area contributed by atoms with E-state index in [2.05, 4.69) is 27.3 Å². The van der Waals surface area contributed by atoms with Crippen LogP contribution in [0.4, 0.5) is 5.69 Å². The van der Waals surface area contributed by atoms with Gasteiger partial charge in [-0.25, -0.2) is 0 Å². The first-order valence-electron chi connectivity index (χ1n) is 9.76. The highest BCUT2D eigenvalue weighted by Gasteiger charge is 2.33. The minimum absolute atomic E-state index is 0.258. The molecule has 1 N–H and O–H groups in total. The van der Waals surface area contributed by atoms with Gasteiger partial charge in [0.2, 0.25) is 0 Å².